The molecule has 52 valence electrons. The molecule has 1 saturated heterocycles. The minimum atomic E-state index is -0.653. The Balaban J connectivity index is 2.31. The Morgan fingerprint density at radius 2 is 2.44 bits per heavy atom. The minimum Gasteiger partial charge on any atom is -0.480 e. The summed E-state index contributed by atoms with van der Waals surface area (Å²) >= 11 is 3.35. The van der Waals surface area contributed by atoms with Crippen molar-refractivity contribution in [3.63, 3.8) is 0 Å². The van der Waals surface area contributed by atoms with E-state index < -0.39 is 5.97 Å². The molecule has 9 heavy (non-hydrogen) atoms. The molecule has 0 saturated carbocycles. The average Bonchev–Trinajstić information content (AvgIpc) is 1.90. The second kappa shape index (κ2) is 3.37. The molecule has 1 unspecified atom stereocenters. The summed E-state index contributed by atoms with van der Waals surface area (Å²) in [4.78, 5) is 10.3. The van der Waals surface area contributed by atoms with Crippen molar-refractivity contribution in [1.82, 2.24) is 0 Å². The average molecular weight is 164 g/mol. The fourth-order valence-electron chi connectivity index (χ4n) is 0.658. The third-order valence-corrected chi connectivity index (χ3v) is 3.73. The van der Waals surface area contributed by atoms with Crippen molar-refractivity contribution in [2.45, 2.75) is 11.7 Å². The Bertz CT molecular complexity index is 110. The summed E-state index contributed by atoms with van der Waals surface area (Å²) in [5.41, 5.74) is 0. The normalized spacial score (nSPS) is 27.8. The summed E-state index contributed by atoms with van der Waals surface area (Å²) in [6.07, 6.45) is 0.824. The molecule has 2 nitrogen and oxygen atoms in total. The largest absolute Gasteiger partial charge is 0.480 e. The lowest BCUT2D eigenvalue weighted by Crippen LogP contribution is -2.19. The van der Waals surface area contributed by atoms with E-state index in [9.17, 15) is 4.79 Å². The van der Waals surface area contributed by atoms with Gasteiger partial charge in [-0.15, -0.1) is 11.8 Å². The Kier molecular flexibility index (Phi) is 2.72. The SMILES string of the molecule is O=C(O)C1CCSCS1. The number of rotatable bonds is 1. The number of hydrogen-bond donors (Lipinski definition) is 1. The van der Waals surface area contributed by atoms with Crippen LogP contribution in [-0.2, 0) is 4.79 Å². The molecule has 0 aliphatic carbocycles. The van der Waals surface area contributed by atoms with E-state index >= 15 is 0 Å². The van der Waals surface area contributed by atoms with E-state index in [1.807, 2.05) is 11.8 Å². The van der Waals surface area contributed by atoms with Crippen LogP contribution in [0.5, 0.6) is 0 Å². The van der Waals surface area contributed by atoms with Crippen LogP contribution in [0.1, 0.15) is 6.42 Å². The quantitative estimate of drug-likeness (QED) is 0.633. The molecular formula is C5H8O2S2. The van der Waals surface area contributed by atoms with Crippen molar-refractivity contribution in [2.75, 3.05) is 10.8 Å². The van der Waals surface area contributed by atoms with Gasteiger partial charge in [-0.2, -0.15) is 11.8 Å². The van der Waals surface area contributed by atoms with Crippen molar-refractivity contribution in [3.8, 4) is 0 Å². The van der Waals surface area contributed by atoms with Crippen LogP contribution in [0.4, 0.5) is 0 Å². The zero-order valence-corrected chi connectivity index (χ0v) is 6.50. The first-order valence-electron chi connectivity index (χ1n) is 2.73. The van der Waals surface area contributed by atoms with E-state index in [0.29, 0.717) is 0 Å². The molecule has 0 aromatic rings. The monoisotopic (exact) mass is 164 g/mol. The van der Waals surface area contributed by atoms with E-state index in [1.54, 1.807) is 0 Å². The van der Waals surface area contributed by atoms with E-state index in [1.165, 1.54) is 11.8 Å². The van der Waals surface area contributed by atoms with Gasteiger partial charge in [0.05, 0.1) is 0 Å². The van der Waals surface area contributed by atoms with Crippen LogP contribution in [0.3, 0.4) is 0 Å². The fourth-order valence-corrected chi connectivity index (χ4v) is 3.15. The summed E-state index contributed by atoms with van der Waals surface area (Å²) in [6, 6.07) is 0. The molecule has 4 heteroatoms. The molecule has 0 amide bonds. The number of carboxylic acids is 1. The number of hydrogen-bond acceptors (Lipinski definition) is 3. The Labute approximate surface area is 62.4 Å². The van der Waals surface area contributed by atoms with E-state index in [2.05, 4.69) is 0 Å². The summed E-state index contributed by atoms with van der Waals surface area (Å²) in [5, 5.41) is 9.32. The number of aliphatic carboxylic acids is 1. The van der Waals surface area contributed by atoms with Crippen LogP contribution in [0, 0.1) is 0 Å². The predicted octanol–water partition coefficient (Wildman–Crippen LogP) is 1.27. The highest BCUT2D eigenvalue weighted by Gasteiger charge is 2.20. The molecule has 0 aromatic carbocycles. The van der Waals surface area contributed by atoms with Crippen molar-refractivity contribution in [1.29, 1.82) is 0 Å². The molecular weight excluding hydrogens is 156 g/mol. The number of thioether (sulfide) groups is 2. The van der Waals surface area contributed by atoms with Gasteiger partial charge in [-0.1, -0.05) is 0 Å². The highest BCUT2D eigenvalue weighted by Crippen LogP contribution is 2.27. The number of carbonyl (C=O) groups is 1. The molecule has 0 radical (unpaired) electrons. The van der Waals surface area contributed by atoms with Gasteiger partial charge < -0.3 is 5.11 Å². The second-order valence-electron chi connectivity index (χ2n) is 1.81. The molecule has 0 aromatic heterocycles. The maximum atomic E-state index is 10.3. The fraction of sp³-hybridized carbons (Fsp3) is 0.800. The Morgan fingerprint density at radius 1 is 1.67 bits per heavy atom. The van der Waals surface area contributed by atoms with E-state index in [-0.39, 0.29) is 5.25 Å². The molecule has 0 bridgehead atoms. The third kappa shape index (κ3) is 2.10. The summed E-state index contributed by atoms with van der Waals surface area (Å²) in [6.45, 7) is 0. The molecule has 1 fully saturated rings. The van der Waals surface area contributed by atoms with Crippen molar-refractivity contribution >= 4 is 29.5 Å². The molecule has 1 atom stereocenters. The van der Waals surface area contributed by atoms with E-state index in [0.717, 1.165) is 17.3 Å². The van der Waals surface area contributed by atoms with Gasteiger partial charge in [0.15, 0.2) is 0 Å². The van der Waals surface area contributed by atoms with Gasteiger partial charge >= 0.3 is 5.97 Å². The molecule has 0 spiro atoms. The summed E-state index contributed by atoms with van der Waals surface area (Å²) in [7, 11) is 0. The molecule has 1 rings (SSSR count). The van der Waals surface area contributed by atoms with Gasteiger partial charge in [-0.3, -0.25) is 4.79 Å². The van der Waals surface area contributed by atoms with Crippen LogP contribution in [0.25, 0.3) is 0 Å². The topological polar surface area (TPSA) is 37.3 Å². The van der Waals surface area contributed by atoms with Gasteiger partial charge in [0.1, 0.15) is 5.25 Å². The van der Waals surface area contributed by atoms with Gasteiger partial charge in [-0.05, 0) is 12.2 Å². The van der Waals surface area contributed by atoms with Gasteiger partial charge in [0, 0.05) is 5.08 Å². The second-order valence-corrected chi connectivity index (χ2v) is 4.47. The zero-order valence-electron chi connectivity index (χ0n) is 4.87. The Morgan fingerprint density at radius 3 is 2.78 bits per heavy atom. The van der Waals surface area contributed by atoms with Gasteiger partial charge in [0.2, 0.25) is 0 Å². The maximum absolute atomic E-state index is 10.3. The van der Waals surface area contributed by atoms with Gasteiger partial charge in [0.25, 0.3) is 0 Å². The third-order valence-electron chi connectivity index (χ3n) is 1.15. The first kappa shape index (κ1) is 7.28. The van der Waals surface area contributed by atoms with Crippen LogP contribution < -0.4 is 0 Å². The number of carboxylic acid groups (broad SMARTS) is 1. The molecule has 1 N–H and O–H groups in total. The summed E-state index contributed by atoms with van der Waals surface area (Å²) < 4.78 is 0. The predicted molar refractivity (Wildman–Crippen MR) is 41.0 cm³/mol. The minimum absolute atomic E-state index is 0.133. The lowest BCUT2D eigenvalue weighted by Gasteiger charge is -2.15. The van der Waals surface area contributed by atoms with Crippen LogP contribution in [0.15, 0.2) is 0 Å². The van der Waals surface area contributed by atoms with E-state index in [4.69, 9.17) is 5.11 Å². The zero-order chi connectivity index (χ0) is 6.69. The van der Waals surface area contributed by atoms with Crippen molar-refractivity contribution < 1.29 is 9.90 Å². The van der Waals surface area contributed by atoms with Crippen molar-refractivity contribution in [3.05, 3.63) is 0 Å². The molecule has 1 aliphatic rings. The van der Waals surface area contributed by atoms with Crippen molar-refractivity contribution in [2.24, 2.45) is 0 Å². The first-order chi connectivity index (χ1) is 4.30. The highest BCUT2D eigenvalue weighted by atomic mass is 32.2. The lowest BCUT2D eigenvalue weighted by atomic mass is 10.3. The highest BCUT2D eigenvalue weighted by molar-refractivity contribution is 8.17. The Hall–Kier alpha value is 0.170. The van der Waals surface area contributed by atoms with Crippen LogP contribution in [-0.4, -0.2) is 27.2 Å². The van der Waals surface area contributed by atoms with Crippen LogP contribution >= 0.6 is 23.5 Å². The first-order valence-corrected chi connectivity index (χ1v) is 4.93. The van der Waals surface area contributed by atoms with Crippen LogP contribution in [0.2, 0.25) is 0 Å². The molecule has 1 aliphatic heterocycles. The standard InChI is InChI=1S/C5H8O2S2/c6-5(7)4-1-2-8-3-9-4/h4H,1-3H2,(H,6,7). The van der Waals surface area contributed by atoms with Gasteiger partial charge in [-0.25, -0.2) is 0 Å². The molecule has 1 heterocycles. The maximum Gasteiger partial charge on any atom is 0.316 e. The summed E-state index contributed by atoms with van der Waals surface area (Å²) in [5.74, 6) is 0.351. The smallest absolute Gasteiger partial charge is 0.316 e. The lowest BCUT2D eigenvalue weighted by molar-refractivity contribution is -0.136.